The summed E-state index contributed by atoms with van der Waals surface area (Å²) in [5, 5.41) is 8.91. The fourth-order valence-corrected chi connectivity index (χ4v) is 1.97. The molecule has 0 aliphatic carbocycles. The molecule has 0 saturated carbocycles. The van der Waals surface area contributed by atoms with Gasteiger partial charge in [0.2, 0.25) is 0 Å². The third kappa shape index (κ3) is 2.30. The highest BCUT2D eigenvalue weighted by atomic mass is 16.4. The van der Waals surface area contributed by atoms with Gasteiger partial charge in [-0.1, -0.05) is 20.3 Å². The minimum atomic E-state index is -0.912. The van der Waals surface area contributed by atoms with Crippen LogP contribution in [0.2, 0.25) is 0 Å². The molecule has 1 unspecified atom stereocenters. The lowest BCUT2D eigenvalue weighted by atomic mass is 10.1. The van der Waals surface area contributed by atoms with Crippen LogP contribution in [0, 0.1) is 0 Å². The molecule has 1 heterocycles. The molecule has 0 aliphatic heterocycles. The Balaban J connectivity index is 2.40. The SMILES string of the molecule is CCCC(C)c1nc2ccc(C(=O)O)cc2[nH]1. The maximum Gasteiger partial charge on any atom is 0.335 e. The van der Waals surface area contributed by atoms with Crippen LogP contribution in [-0.2, 0) is 0 Å². The monoisotopic (exact) mass is 232 g/mol. The van der Waals surface area contributed by atoms with Crippen molar-refractivity contribution in [2.45, 2.75) is 32.6 Å². The summed E-state index contributed by atoms with van der Waals surface area (Å²) in [6.07, 6.45) is 2.18. The number of fused-ring (bicyclic) bond motifs is 1. The molecule has 2 aromatic rings. The molecule has 0 fully saturated rings. The van der Waals surface area contributed by atoms with Gasteiger partial charge in [0.05, 0.1) is 16.6 Å². The van der Waals surface area contributed by atoms with Crippen LogP contribution < -0.4 is 0 Å². The predicted octanol–water partition coefficient (Wildman–Crippen LogP) is 3.16. The van der Waals surface area contributed by atoms with Crippen LogP contribution in [0.5, 0.6) is 0 Å². The van der Waals surface area contributed by atoms with Crippen LogP contribution in [0.1, 0.15) is 48.8 Å². The molecule has 2 N–H and O–H groups in total. The van der Waals surface area contributed by atoms with E-state index in [1.165, 1.54) is 0 Å². The zero-order valence-electron chi connectivity index (χ0n) is 10.0. The van der Waals surface area contributed by atoms with Crippen LogP contribution in [0.25, 0.3) is 11.0 Å². The Morgan fingerprint density at radius 3 is 2.94 bits per heavy atom. The highest BCUT2D eigenvalue weighted by molar-refractivity contribution is 5.92. The number of benzene rings is 1. The van der Waals surface area contributed by atoms with E-state index in [4.69, 9.17) is 5.11 Å². The second kappa shape index (κ2) is 4.57. The van der Waals surface area contributed by atoms with E-state index >= 15 is 0 Å². The molecule has 0 bridgehead atoms. The number of nitrogens with one attached hydrogen (secondary N) is 1. The Morgan fingerprint density at radius 1 is 1.53 bits per heavy atom. The molecule has 0 aliphatic rings. The number of aromatic amines is 1. The van der Waals surface area contributed by atoms with Crippen molar-refractivity contribution < 1.29 is 9.90 Å². The Labute approximate surface area is 99.7 Å². The first kappa shape index (κ1) is 11.6. The molecule has 0 saturated heterocycles. The standard InChI is InChI=1S/C13H16N2O2/c1-3-4-8(2)12-14-10-6-5-9(13(16)17)7-11(10)15-12/h5-8H,3-4H2,1-2H3,(H,14,15)(H,16,17). The quantitative estimate of drug-likeness (QED) is 0.850. The van der Waals surface area contributed by atoms with Crippen molar-refractivity contribution >= 4 is 17.0 Å². The van der Waals surface area contributed by atoms with Crippen LogP contribution >= 0.6 is 0 Å². The average molecular weight is 232 g/mol. The average Bonchev–Trinajstić information content (AvgIpc) is 2.71. The third-order valence-electron chi connectivity index (χ3n) is 2.94. The molecule has 0 amide bonds. The number of hydrogen-bond donors (Lipinski definition) is 2. The minimum Gasteiger partial charge on any atom is -0.478 e. The molecule has 2 rings (SSSR count). The van der Waals surface area contributed by atoms with Gasteiger partial charge in [-0.05, 0) is 24.6 Å². The summed E-state index contributed by atoms with van der Waals surface area (Å²) < 4.78 is 0. The number of aromatic nitrogens is 2. The molecular weight excluding hydrogens is 216 g/mol. The molecule has 90 valence electrons. The van der Waals surface area contributed by atoms with Crippen molar-refractivity contribution in [2.75, 3.05) is 0 Å². The van der Waals surface area contributed by atoms with E-state index in [9.17, 15) is 4.79 Å². The normalized spacial score (nSPS) is 12.8. The van der Waals surface area contributed by atoms with Gasteiger partial charge in [-0.2, -0.15) is 0 Å². The highest BCUT2D eigenvalue weighted by Crippen LogP contribution is 2.21. The molecule has 0 radical (unpaired) electrons. The van der Waals surface area contributed by atoms with Crippen molar-refractivity contribution in [3.63, 3.8) is 0 Å². The second-order valence-corrected chi connectivity index (χ2v) is 4.35. The van der Waals surface area contributed by atoms with Crippen molar-refractivity contribution in [3.05, 3.63) is 29.6 Å². The number of carbonyl (C=O) groups is 1. The zero-order chi connectivity index (χ0) is 12.4. The van der Waals surface area contributed by atoms with Gasteiger partial charge in [-0.15, -0.1) is 0 Å². The van der Waals surface area contributed by atoms with Gasteiger partial charge in [0.1, 0.15) is 5.82 Å². The molecule has 0 spiro atoms. The first-order valence-corrected chi connectivity index (χ1v) is 5.84. The smallest absolute Gasteiger partial charge is 0.335 e. The van der Waals surface area contributed by atoms with Gasteiger partial charge in [0, 0.05) is 5.92 Å². The first-order chi connectivity index (χ1) is 8.11. The third-order valence-corrected chi connectivity index (χ3v) is 2.94. The van der Waals surface area contributed by atoms with Crippen LogP contribution in [-0.4, -0.2) is 21.0 Å². The van der Waals surface area contributed by atoms with Crippen LogP contribution in [0.3, 0.4) is 0 Å². The summed E-state index contributed by atoms with van der Waals surface area (Å²) in [4.78, 5) is 18.5. The van der Waals surface area contributed by atoms with Gasteiger partial charge in [0.15, 0.2) is 0 Å². The van der Waals surface area contributed by atoms with E-state index < -0.39 is 5.97 Å². The maximum atomic E-state index is 10.9. The number of aromatic carboxylic acids is 1. The Bertz CT molecular complexity index is 545. The summed E-state index contributed by atoms with van der Waals surface area (Å²) in [7, 11) is 0. The molecule has 4 heteroatoms. The van der Waals surface area contributed by atoms with Crippen molar-refractivity contribution in [1.82, 2.24) is 9.97 Å². The zero-order valence-corrected chi connectivity index (χ0v) is 10.0. The lowest BCUT2D eigenvalue weighted by Crippen LogP contribution is -1.95. The molecule has 1 aromatic heterocycles. The van der Waals surface area contributed by atoms with E-state index in [-0.39, 0.29) is 5.56 Å². The fourth-order valence-electron chi connectivity index (χ4n) is 1.97. The van der Waals surface area contributed by atoms with Crippen LogP contribution in [0.15, 0.2) is 18.2 Å². The highest BCUT2D eigenvalue weighted by Gasteiger charge is 2.11. The summed E-state index contributed by atoms with van der Waals surface area (Å²) >= 11 is 0. The van der Waals surface area contributed by atoms with Gasteiger partial charge < -0.3 is 10.1 Å². The van der Waals surface area contributed by atoms with Gasteiger partial charge >= 0.3 is 5.97 Å². The summed E-state index contributed by atoms with van der Waals surface area (Å²) in [5.74, 6) is 0.398. The summed E-state index contributed by atoms with van der Waals surface area (Å²) in [5.41, 5.74) is 1.91. The maximum absolute atomic E-state index is 10.9. The van der Waals surface area contributed by atoms with E-state index in [2.05, 4.69) is 23.8 Å². The molecular formula is C13H16N2O2. The number of carboxylic acid groups (broad SMARTS) is 1. The minimum absolute atomic E-state index is 0.288. The van der Waals surface area contributed by atoms with Crippen LogP contribution in [0.4, 0.5) is 0 Å². The topological polar surface area (TPSA) is 66.0 Å². The molecule has 4 nitrogen and oxygen atoms in total. The van der Waals surface area contributed by atoms with Crippen molar-refractivity contribution in [3.8, 4) is 0 Å². The van der Waals surface area contributed by atoms with Crippen molar-refractivity contribution in [2.24, 2.45) is 0 Å². The van der Waals surface area contributed by atoms with Gasteiger partial charge in [-0.3, -0.25) is 0 Å². The number of carboxylic acids is 1. The predicted molar refractivity (Wildman–Crippen MR) is 66.4 cm³/mol. The largest absolute Gasteiger partial charge is 0.478 e. The van der Waals surface area contributed by atoms with E-state index in [1.54, 1.807) is 18.2 Å². The molecule has 1 atom stereocenters. The lowest BCUT2D eigenvalue weighted by Gasteiger charge is -2.04. The second-order valence-electron chi connectivity index (χ2n) is 4.35. The van der Waals surface area contributed by atoms with E-state index in [0.29, 0.717) is 5.92 Å². The Kier molecular flexibility index (Phi) is 3.13. The van der Waals surface area contributed by atoms with Gasteiger partial charge in [0.25, 0.3) is 0 Å². The van der Waals surface area contributed by atoms with Crippen molar-refractivity contribution in [1.29, 1.82) is 0 Å². The Hall–Kier alpha value is -1.84. The van der Waals surface area contributed by atoms with E-state index in [1.807, 2.05) is 0 Å². The van der Waals surface area contributed by atoms with Gasteiger partial charge in [-0.25, -0.2) is 9.78 Å². The lowest BCUT2D eigenvalue weighted by molar-refractivity contribution is 0.0697. The number of nitrogens with zero attached hydrogens (tertiary/aromatic N) is 1. The summed E-state index contributed by atoms with van der Waals surface area (Å²) in [6.45, 7) is 4.26. The van der Waals surface area contributed by atoms with E-state index in [0.717, 1.165) is 29.7 Å². The number of rotatable bonds is 4. The molecule has 17 heavy (non-hydrogen) atoms. The number of imidazole rings is 1. The molecule has 1 aromatic carbocycles. The summed E-state index contributed by atoms with van der Waals surface area (Å²) in [6, 6.07) is 4.96. The Morgan fingerprint density at radius 2 is 2.29 bits per heavy atom. The first-order valence-electron chi connectivity index (χ1n) is 5.84. The number of H-pyrrole nitrogens is 1. The fraction of sp³-hybridized carbons (Fsp3) is 0.385. The number of hydrogen-bond acceptors (Lipinski definition) is 2.